The standard InChI is InChI=1S/C14H19NO2S/c1-9(2)13(14(16)17-3)15-11-8-18-12-7-5-4-6-10(11)12/h4-7,9,11,13,15H,8H2,1-3H3. The first kappa shape index (κ1) is 13.4. The third kappa shape index (κ3) is 2.70. The van der Waals surface area contributed by atoms with Gasteiger partial charge in [0.25, 0.3) is 0 Å². The van der Waals surface area contributed by atoms with Crippen molar-refractivity contribution in [1.29, 1.82) is 0 Å². The predicted molar refractivity (Wildman–Crippen MR) is 73.7 cm³/mol. The maximum Gasteiger partial charge on any atom is 0.323 e. The van der Waals surface area contributed by atoms with Gasteiger partial charge in [0, 0.05) is 16.7 Å². The largest absolute Gasteiger partial charge is 0.468 e. The lowest BCUT2D eigenvalue weighted by molar-refractivity contribution is -0.144. The van der Waals surface area contributed by atoms with Crippen LogP contribution in [0.2, 0.25) is 0 Å². The zero-order chi connectivity index (χ0) is 13.1. The van der Waals surface area contributed by atoms with Gasteiger partial charge < -0.3 is 4.74 Å². The van der Waals surface area contributed by atoms with Crippen molar-refractivity contribution >= 4 is 17.7 Å². The van der Waals surface area contributed by atoms with E-state index in [1.807, 2.05) is 31.7 Å². The molecule has 0 saturated heterocycles. The van der Waals surface area contributed by atoms with Gasteiger partial charge in [-0.15, -0.1) is 11.8 Å². The molecule has 2 atom stereocenters. The molecule has 0 saturated carbocycles. The van der Waals surface area contributed by atoms with Gasteiger partial charge in [-0.2, -0.15) is 0 Å². The van der Waals surface area contributed by atoms with Crippen LogP contribution in [-0.2, 0) is 9.53 Å². The molecule has 4 heteroatoms. The first-order valence-electron chi connectivity index (χ1n) is 6.19. The van der Waals surface area contributed by atoms with Crippen LogP contribution in [0.15, 0.2) is 29.2 Å². The molecular formula is C14H19NO2S. The average molecular weight is 265 g/mol. The molecule has 18 heavy (non-hydrogen) atoms. The molecule has 0 bridgehead atoms. The Morgan fingerprint density at radius 1 is 1.44 bits per heavy atom. The maximum atomic E-state index is 11.8. The molecule has 3 nitrogen and oxygen atoms in total. The quantitative estimate of drug-likeness (QED) is 0.849. The van der Waals surface area contributed by atoms with Crippen molar-refractivity contribution in [2.45, 2.75) is 30.8 Å². The van der Waals surface area contributed by atoms with Gasteiger partial charge >= 0.3 is 5.97 Å². The molecule has 0 aliphatic carbocycles. The van der Waals surface area contributed by atoms with Gasteiger partial charge in [-0.1, -0.05) is 32.0 Å². The number of ether oxygens (including phenoxy) is 1. The number of carbonyl (C=O) groups is 1. The molecule has 2 unspecified atom stereocenters. The van der Waals surface area contributed by atoms with Crippen molar-refractivity contribution in [1.82, 2.24) is 5.32 Å². The number of esters is 1. The molecule has 1 aliphatic heterocycles. The molecular weight excluding hydrogens is 246 g/mol. The van der Waals surface area contributed by atoms with Crippen LogP contribution >= 0.6 is 11.8 Å². The van der Waals surface area contributed by atoms with Crippen LogP contribution in [0.3, 0.4) is 0 Å². The normalized spacial score (nSPS) is 19.7. The number of methoxy groups -OCH3 is 1. The number of hydrogen-bond donors (Lipinski definition) is 1. The lowest BCUT2D eigenvalue weighted by atomic mass is 10.0. The second-order valence-electron chi connectivity index (χ2n) is 4.81. The second-order valence-corrected chi connectivity index (χ2v) is 5.87. The number of benzene rings is 1. The van der Waals surface area contributed by atoms with E-state index in [-0.39, 0.29) is 24.0 Å². The molecule has 1 heterocycles. The van der Waals surface area contributed by atoms with Crippen LogP contribution < -0.4 is 5.32 Å². The van der Waals surface area contributed by atoms with Crippen molar-refractivity contribution in [2.75, 3.05) is 12.9 Å². The van der Waals surface area contributed by atoms with Gasteiger partial charge in [0.2, 0.25) is 0 Å². The molecule has 0 fully saturated rings. The number of fused-ring (bicyclic) bond motifs is 1. The van der Waals surface area contributed by atoms with Gasteiger partial charge in [0.15, 0.2) is 0 Å². The minimum atomic E-state index is -0.244. The first-order chi connectivity index (χ1) is 8.63. The highest BCUT2D eigenvalue weighted by Gasteiger charge is 2.30. The molecule has 1 aromatic carbocycles. The van der Waals surface area contributed by atoms with E-state index < -0.39 is 0 Å². The lowest BCUT2D eigenvalue weighted by Gasteiger charge is -2.24. The Morgan fingerprint density at radius 3 is 2.83 bits per heavy atom. The SMILES string of the molecule is COC(=O)C(NC1CSc2ccccc21)C(C)C. The minimum absolute atomic E-state index is 0.181. The van der Waals surface area contributed by atoms with E-state index in [9.17, 15) is 4.79 Å². The number of nitrogens with one attached hydrogen (secondary N) is 1. The van der Waals surface area contributed by atoms with E-state index in [0.29, 0.717) is 0 Å². The van der Waals surface area contributed by atoms with E-state index >= 15 is 0 Å². The summed E-state index contributed by atoms with van der Waals surface area (Å²) >= 11 is 1.83. The zero-order valence-electron chi connectivity index (χ0n) is 11.0. The maximum absolute atomic E-state index is 11.8. The van der Waals surface area contributed by atoms with Crippen molar-refractivity contribution in [2.24, 2.45) is 5.92 Å². The van der Waals surface area contributed by atoms with E-state index in [0.717, 1.165) is 5.75 Å². The monoisotopic (exact) mass is 265 g/mol. The topological polar surface area (TPSA) is 38.3 Å². The van der Waals surface area contributed by atoms with Crippen LogP contribution in [0.5, 0.6) is 0 Å². The van der Waals surface area contributed by atoms with Crippen molar-refractivity contribution in [3.05, 3.63) is 29.8 Å². The predicted octanol–water partition coefficient (Wildman–Crippen LogP) is 2.62. The van der Waals surface area contributed by atoms with Gasteiger partial charge in [0.1, 0.15) is 6.04 Å². The van der Waals surface area contributed by atoms with Gasteiger partial charge in [-0.25, -0.2) is 0 Å². The fraction of sp³-hybridized carbons (Fsp3) is 0.500. The summed E-state index contributed by atoms with van der Waals surface area (Å²) in [7, 11) is 1.44. The number of rotatable bonds is 4. The van der Waals surface area contributed by atoms with Gasteiger partial charge in [0.05, 0.1) is 7.11 Å². The van der Waals surface area contributed by atoms with Crippen LogP contribution in [0.25, 0.3) is 0 Å². The molecule has 0 spiro atoms. The number of carbonyl (C=O) groups excluding carboxylic acids is 1. The summed E-state index contributed by atoms with van der Waals surface area (Å²) in [6.45, 7) is 4.06. The third-order valence-electron chi connectivity index (χ3n) is 3.20. The highest BCUT2D eigenvalue weighted by atomic mass is 32.2. The van der Waals surface area contributed by atoms with E-state index in [2.05, 4.69) is 23.5 Å². The van der Waals surface area contributed by atoms with Crippen molar-refractivity contribution in [3.63, 3.8) is 0 Å². The fourth-order valence-corrected chi connectivity index (χ4v) is 3.35. The average Bonchev–Trinajstić information content (AvgIpc) is 2.78. The molecule has 1 aromatic rings. The second kappa shape index (κ2) is 5.76. The Bertz CT molecular complexity index is 434. The Kier molecular flexibility index (Phi) is 4.30. The van der Waals surface area contributed by atoms with Crippen LogP contribution in [0.1, 0.15) is 25.5 Å². The molecule has 1 aliphatic rings. The molecule has 98 valence electrons. The minimum Gasteiger partial charge on any atom is -0.468 e. The van der Waals surface area contributed by atoms with Crippen LogP contribution in [-0.4, -0.2) is 24.9 Å². The Balaban J connectivity index is 2.12. The van der Waals surface area contributed by atoms with Crippen molar-refractivity contribution in [3.8, 4) is 0 Å². The lowest BCUT2D eigenvalue weighted by Crippen LogP contribution is -2.43. The molecule has 0 amide bonds. The van der Waals surface area contributed by atoms with Gasteiger partial charge in [-0.3, -0.25) is 10.1 Å². The molecule has 1 N–H and O–H groups in total. The zero-order valence-corrected chi connectivity index (χ0v) is 11.8. The van der Waals surface area contributed by atoms with Crippen LogP contribution in [0, 0.1) is 5.92 Å². The molecule has 0 radical (unpaired) electrons. The Morgan fingerprint density at radius 2 is 2.17 bits per heavy atom. The summed E-state index contributed by atoms with van der Waals surface area (Å²) in [5.74, 6) is 1.01. The summed E-state index contributed by atoms with van der Waals surface area (Å²) in [5.41, 5.74) is 1.29. The van der Waals surface area contributed by atoms with E-state index in [1.165, 1.54) is 17.6 Å². The van der Waals surface area contributed by atoms with Crippen molar-refractivity contribution < 1.29 is 9.53 Å². The number of hydrogen-bond acceptors (Lipinski definition) is 4. The third-order valence-corrected chi connectivity index (χ3v) is 4.39. The first-order valence-corrected chi connectivity index (χ1v) is 7.17. The highest BCUT2D eigenvalue weighted by molar-refractivity contribution is 7.99. The summed E-state index contributed by atoms with van der Waals surface area (Å²) in [5, 5.41) is 3.43. The molecule has 2 rings (SSSR count). The summed E-state index contributed by atoms with van der Waals surface area (Å²) in [6, 6.07) is 8.34. The summed E-state index contributed by atoms with van der Waals surface area (Å²) < 4.78 is 4.86. The van der Waals surface area contributed by atoms with E-state index in [1.54, 1.807) is 0 Å². The highest BCUT2D eigenvalue weighted by Crippen LogP contribution is 2.38. The Labute approximate surface area is 112 Å². The number of thioether (sulfide) groups is 1. The smallest absolute Gasteiger partial charge is 0.323 e. The summed E-state index contributed by atoms with van der Waals surface area (Å²) in [4.78, 5) is 13.1. The Hall–Kier alpha value is -1.00. The van der Waals surface area contributed by atoms with Gasteiger partial charge in [-0.05, 0) is 17.5 Å². The summed E-state index contributed by atoms with van der Waals surface area (Å²) in [6.07, 6.45) is 0. The van der Waals surface area contributed by atoms with E-state index in [4.69, 9.17) is 4.74 Å². The fourth-order valence-electron chi connectivity index (χ4n) is 2.18. The van der Waals surface area contributed by atoms with Crippen LogP contribution in [0.4, 0.5) is 0 Å². The molecule has 0 aromatic heterocycles.